The lowest BCUT2D eigenvalue weighted by Gasteiger charge is -2.09. The van der Waals surface area contributed by atoms with E-state index in [-0.39, 0.29) is 22.1 Å². The molecule has 0 unspecified atom stereocenters. The van der Waals surface area contributed by atoms with Gasteiger partial charge in [0, 0.05) is 23.1 Å². The quantitative estimate of drug-likeness (QED) is 0.386. The molecule has 5 aromatic rings. The Hall–Kier alpha value is -4.57. The van der Waals surface area contributed by atoms with Gasteiger partial charge in [-0.15, -0.1) is 0 Å². The molecule has 0 aliphatic heterocycles. The van der Waals surface area contributed by atoms with E-state index in [4.69, 9.17) is 17.3 Å². The predicted molar refractivity (Wildman–Crippen MR) is 128 cm³/mol. The highest BCUT2D eigenvalue weighted by molar-refractivity contribution is 6.31. The molecule has 0 aliphatic carbocycles. The van der Waals surface area contributed by atoms with Gasteiger partial charge in [-0.05, 0) is 49.4 Å². The summed E-state index contributed by atoms with van der Waals surface area (Å²) in [5.74, 6) is -1.54. The van der Waals surface area contributed by atoms with E-state index in [1.54, 1.807) is 33.4 Å². The Labute approximate surface area is 203 Å². The summed E-state index contributed by atoms with van der Waals surface area (Å²) in [6, 6.07) is 12.7. The number of carbonyl (C=O) groups is 2. The lowest BCUT2D eigenvalue weighted by Crippen LogP contribution is -2.14. The fraction of sp³-hybridized carbons (Fsp3) is 0.0417. The number of nitrogens with zero attached hydrogens (tertiary/aromatic N) is 5. The highest BCUT2D eigenvalue weighted by Gasteiger charge is 2.20. The number of imidazole rings is 2. The fourth-order valence-electron chi connectivity index (χ4n) is 3.61. The molecule has 2 amide bonds. The Bertz CT molecular complexity index is 1630. The topological polar surface area (TPSA) is 120 Å². The smallest absolute Gasteiger partial charge is 0.275 e. The molecule has 0 atom stereocenters. The number of anilines is 1. The molecule has 174 valence electrons. The number of carbonyl (C=O) groups excluding carboxylic acids is 2. The van der Waals surface area contributed by atoms with Crippen molar-refractivity contribution >= 4 is 34.7 Å². The van der Waals surface area contributed by atoms with Crippen molar-refractivity contribution in [2.24, 2.45) is 5.73 Å². The zero-order valence-electron chi connectivity index (χ0n) is 18.2. The number of benzene rings is 1. The molecule has 0 radical (unpaired) electrons. The van der Waals surface area contributed by atoms with Crippen LogP contribution in [0.25, 0.3) is 22.9 Å². The lowest BCUT2D eigenvalue weighted by atomic mass is 10.3. The van der Waals surface area contributed by atoms with Gasteiger partial charge in [0.2, 0.25) is 0 Å². The Morgan fingerprint density at radius 3 is 2.69 bits per heavy atom. The van der Waals surface area contributed by atoms with Crippen molar-refractivity contribution in [3.8, 4) is 17.2 Å². The van der Waals surface area contributed by atoms with E-state index >= 15 is 0 Å². The first kappa shape index (κ1) is 22.2. The molecule has 0 spiro atoms. The van der Waals surface area contributed by atoms with Crippen LogP contribution in [0.5, 0.6) is 0 Å². The molecule has 4 heterocycles. The second kappa shape index (κ2) is 8.65. The van der Waals surface area contributed by atoms with Gasteiger partial charge < -0.3 is 11.1 Å². The van der Waals surface area contributed by atoms with Crippen LogP contribution in [0.1, 0.15) is 26.7 Å². The molecule has 3 N–H and O–H groups in total. The molecular weight excluding hydrogens is 473 g/mol. The van der Waals surface area contributed by atoms with E-state index in [0.717, 1.165) is 11.8 Å². The Morgan fingerprint density at radius 1 is 1.09 bits per heavy atom. The van der Waals surface area contributed by atoms with E-state index in [9.17, 15) is 14.0 Å². The second-order valence-electron chi connectivity index (χ2n) is 7.69. The minimum absolute atomic E-state index is 0.0172. The molecule has 11 heteroatoms. The van der Waals surface area contributed by atoms with Crippen LogP contribution in [-0.4, -0.2) is 35.7 Å². The van der Waals surface area contributed by atoms with Crippen LogP contribution in [0.2, 0.25) is 5.02 Å². The molecule has 0 fully saturated rings. The van der Waals surface area contributed by atoms with Gasteiger partial charge in [0.05, 0.1) is 17.6 Å². The van der Waals surface area contributed by atoms with Crippen molar-refractivity contribution in [3.63, 3.8) is 0 Å². The van der Waals surface area contributed by atoms with E-state index in [0.29, 0.717) is 22.9 Å². The number of hydrogen-bond acceptors (Lipinski definition) is 5. The molecule has 9 nitrogen and oxygen atoms in total. The van der Waals surface area contributed by atoms with Crippen LogP contribution in [0, 0.1) is 12.7 Å². The largest absolute Gasteiger partial charge is 0.364 e. The van der Waals surface area contributed by atoms with Gasteiger partial charge in [-0.1, -0.05) is 17.7 Å². The zero-order valence-corrected chi connectivity index (χ0v) is 19.0. The van der Waals surface area contributed by atoms with Gasteiger partial charge in [-0.3, -0.25) is 18.6 Å². The predicted octanol–water partition coefficient (Wildman–Crippen LogP) is 4.03. The van der Waals surface area contributed by atoms with Crippen LogP contribution in [0.3, 0.4) is 0 Å². The molecule has 35 heavy (non-hydrogen) atoms. The van der Waals surface area contributed by atoms with Crippen molar-refractivity contribution in [1.82, 2.24) is 23.9 Å². The van der Waals surface area contributed by atoms with Gasteiger partial charge in [-0.25, -0.2) is 19.3 Å². The van der Waals surface area contributed by atoms with Crippen LogP contribution in [0.15, 0.2) is 67.1 Å². The minimum Gasteiger partial charge on any atom is -0.364 e. The molecule has 1 aromatic carbocycles. The maximum atomic E-state index is 14.2. The molecule has 0 bridgehead atoms. The number of halogens is 2. The van der Waals surface area contributed by atoms with Crippen LogP contribution in [-0.2, 0) is 0 Å². The molecule has 4 aromatic heterocycles. The molecule has 0 saturated heterocycles. The van der Waals surface area contributed by atoms with E-state index in [1.807, 2.05) is 19.1 Å². The number of aryl methyl sites for hydroxylation is 1. The maximum Gasteiger partial charge on any atom is 0.275 e. The van der Waals surface area contributed by atoms with E-state index in [1.165, 1.54) is 24.5 Å². The number of amides is 2. The van der Waals surface area contributed by atoms with Gasteiger partial charge >= 0.3 is 0 Å². The van der Waals surface area contributed by atoms with Crippen molar-refractivity contribution < 1.29 is 14.0 Å². The van der Waals surface area contributed by atoms with Gasteiger partial charge in [0.1, 0.15) is 28.5 Å². The van der Waals surface area contributed by atoms with Crippen molar-refractivity contribution in [2.75, 3.05) is 5.32 Å². The van der Waals surface area contributed by atoms with Crippen LogP contribution in [0.4, 0.5) is 10.1 Å². The normalized spacial score (nSPS) is 11.1. The Morgan fingerprint density at radius 2 is 1.91 bits per heavy atom. The summed E-state index contributed by atoms with van der Waals surface area (Å²) in [6.45, 7) is 1.84. The maximum absolute atomic E-state index is 14.2. The van der Waals surface area contributed by atoms with Gasteiger partial charge in [-0.2, -0.15) is 0 Å². The number of hydrogen-bond donors (Lipinski definition) is 2. The summed E-state index contributed by atoms with van der Waals surface area (Å²) in [7, 11) is 0. The Balaban J connectivity index is 1.63. The highest BCUT2D eigenvalue weighted by Crippen LogP contribution is 2.25. The summed E-state index contributed by atoms with van der Waals surface area (Å²) in [5, 5.41) is 2.77. The molecule has 0 saturated carbocycles. The third-order valence-electron chi connectivity index (χ3n) is 5.25. The third-order valence-corrected chi connectivity index (χ3v) is 5.49. The summed E-state index contributed by atoms with van der Waals surface area (Å²) >= 11 is 5.94. The van der Waals surface area contributed by atoms with Crippen LogP contribution >= 0.6 is 11.6 Å². The third kappa shape index (κ3) is 4.22. The number of nitrogens with two attached hydrogens (primary N) is 1. The van der Waals surface area contributed by atoms with E-state index < -0.39 is 17.6 Å². The monoisotopic (exact) mass is 489 g/mol. The average molecular weight is 490 g/mol. The van der Waals surface area contributed by atoms with Crippen molar-refractivity contribution in [3.05, 3.63) is 95.0 Å². The number of fused-ring (bicyclic) bond motifs is 1. The first-order valence-corrected chi connectivity index (χ1v) is 10.7. The van der Waals surface area contributed by atoms with Gasteiger partial charge in [0.15, 0.2) is 5.82 Å². The minimum atomic E-state index is -0.639. The summed E-state index contributed by atoms with van der Waals surface area (Å²) < 4.78 is 17.4. The Kier molecular flexibility index (Phi) is 5.50. The van der Waals surface area contributed by atoms with Crippen LogP contribution < -0.4 is 11.1 Å². The SMILES string of the molecule is Cc1cccc(-c2nc(C(=O)Nc3cc(Cl)ccc3F)cn2-c2ccc3ncc(C(N)=O)n3c2)n1. The summed E-state index contributed by atoms with van der Waals surface area (Å²) in [4.78, 5) is 38.0. The number of rotatable bonds is 5. The number of aromatic nitrogens is 5. The highest BCUT2D eigenvalue weighted by atomic mass is 35.5. The number of nitrogens with one attached hydrogen (secondary N) is 1. The number of primary amides is 1. The standard InChI is InChI=1S/C24H17ClFN7O2/c1-13-3-2-4-17(29-13)23-30-19(24(35)31-18-9-14(25)5-7-16(18)26)12-32(23)15-6-8-21-28-10-20(22(27)34)33(21)11-15/h2-12H,1H3,(H2,27,34)(H,31,35). The fourth-order valence-corrected chi connectivity index (χ4v) is 3.78. The first-order valence-electron chi connectivity index (χ1n) is 10.4. The molecular formula is C24H17ClFN7O2. The molecule has 0 aliphatic rings. The average Bonchev–Trinajstić information content (AvgIpc) is 3.46. The number of pyridine rings is 2. The molecule has 5 rings (SSSR count). The van der Waals surface area contributed by atoms with Crippen molar-refractivity contribution in [1.29, 1.82) is 0 Å². The zero-order chi connectivity index (χ0) is 24.7. The summed E-state index contributed by atoms with van der Waals surface area (Å²) in [5.41, 5.74) is 7.97. The van der Waals surface area contributed by atoms with E-state index in [2.05, 4.69) is 20.3 Å². The second-order valence-corrected chi connectivity index (χ2v) is 8.12. The van der Waals surface area contributed by atoms with Gasteiger partial charge in [0.25, 0.3) is 11.8 Å². The lowest BCUT2D eigenvalue weighted by molar-refractivity contribution is 0.0992. The first-order chi connectivity index (χ1) is 16.8. The summed E-state index contributed by atoms with van der Waals surface area (Å²) in [6.07, 6.45) is 4.54. The van der Waals surface area contributed by atoms with Crippen molar-refractivity contribution in [2.45, 2.75) is 6.92 Å².